The molecule has 6 heteroatoms. The van der Waals surface area contributed by atoms with Crippen molar-refractivity contribution in [1.82, 2.24) is 15.3 Å². The van der Waals surface area contributed by atoms with E-state index in [4.69, 9.17) is 0 Å². The number of amides is 1. The lowest BCUT2D eigenvalue weighted by Crippen LogP contribution is -2.21. The Hall–Kier alpha value is -1.72. The summed E-state index contributed by atoms with van der Waals surface area (Å²) in [4.78, 5) is 18.5. The highest BCUT2D eigenvalue weighted by atomic mass is 19.1. The number of hydrogen-bond donors (Lipinski definition) is 2. The standard InChI is InChI=1S/C10H15FN4O/c1-3-7-9(11)10(15-6-14-7)13-5-4-8(16)12-2/h6H,3-5H2,1-2H3,(H,12,16)(H,13,14,15). The van der Waals surface area contributed by atoms with Crippen molar-refractivity contribution < 1.29 is 9.18 Å². The normalized spacial score (nSPS) is 9.94. The molecule has 0 saturated heterocycles. The number of nitrogens with zero attached hydrogens (tertiary/aromatic N) is 2. The van der Waals surface area contributed by atoms with Crippen LogP contribution >= 0.6 is 0 Å². The van der Waals surface area contributed by atoms with Gasteiger partial charge in [0.25, 0.3) is 0 Å². The summed E-state index contributed by atoms with van der Waals surface area (Å²) in [7, 11) is 1.56. The van der Waals surface area contributed by atoms with Crippen molar-refractivity contribution in [1.29, 1.82) is 0 Å². The molecule has 0 spiro atoms. The van der Waals surface area contributed by atoms with Crippen molar-refractivity contribution >= 4 is 11.7 Å². The Kier molecular flexibility index (Phi) is 4.63. The summed E-state index contributed by atoms with van der Waals surface area (Å²) in [5.74, 6) is -0.393. The van der Waals surface area contributed by atoms with Gasteiger partial charge in [-0.2, -0.15) is 0 Å². The Bertz CT molecular complexity index is 370. The number of hydrogen-bond acceptors (Lipinski definition) is 4. The monoisotopic (exact) mass is 226 g/mol. The number of anilines is 1. The summed E-state index contributed by atoms with van der Waals surface area (Å²) >= 11 is 0. The maximum Gasteiger partial charge on any atom is 0.221 e. The van der Waals surface area contributed by atoms with E-state index in [1.807, 2.05) is 6.92 Å². The van der Waals surface area contributed by atoms with Crippen LogP contribution in [0.15, 0.2) is 6.33 Å². The largest absolute Gasteiger partial charge is 0.367 e. The molecule has 1 aromatic rings. The molecule has 0 atom stereocenters. The van der Waals surface area contributed by atoms with Crippen LogP contribution in [0.5, 0.6) is 0 Å². The lowest BCUT2D eigenvalue weighted by atomic mass is 10.3. The molecule has 0 saturated carbocycles. The third-order valence-electron chi connectivity index (χ3n) is 2.12. The maximum atomic E-state index is 13.6. The van der Waals surface area contributed by atoms with Gasteiger partial charge in [-0.1, -0.05) is 6.92 Å². The van der Waals surface area contributed by atoms with Crippen molar-refractivity contribution in [3.05, 3.63) is 17.8 Å². The van der Waals surface area contributed by atoms with Crippen LogP contribution in [0.25, 0.3) is 0 Å². The second-order valence-electron chi connectivity index (χ2n) is 3.19. The molecule has 0 aromatic carbocycles. The third-order valence-corrected chi connectivity index (χ3v) is 2.12. The molecule has 0 fully saturated rings. The summed E-state index contributed by atoms with van der Waals surface area (Å²) in [6, 6.07) is 0. The number of nitrogens with one attached hydrogen (secondary N) is 2. The average Bonchev–Trinajstić information content (AvgIpc) is 2.31. The summed E-state index contributed by atoms with van der Waals surface area (Å²) in [5.41, 5.74) is 0.373. The fourth-order valence-corrected chi connectivity index (χ4v) is 1.20. The van der Waals surface area contributed by atoms with Crippen molar-refractivity contribution in [2.75, 3.05) is 18.9 Å². The Morgan fingerprint density at radius 2 is 2.25 bits per heavy atom. The minimum atomic E-state index is -0.443. The molecule has 1 aromatic heterocycles. The predicted molar refractivity (Wildman–Crippen MR) is 58.5 cm³/mol. The first-order valence-corrected chi connectivity index (χ1v) is 5.12. The van der Waals surface area contributed by atoms with E-state index in [9.17, 15) is 9.18 Å². The fraction of sp³-hybridized carbons (Fsp3) is 0.500. The lowest BCUT2D eigenvalue weighted by Gasteiger charge is -2.07. The first-order valence-electron chi connectivity index (χ1n) is 5.12. The van der Waals surface area contributed by atoms with Gasteiger partial charge in [-0.15, -0.1) is 0 Å². The zero-order valence-corrected chi connectivity index (χ0v) is 9.38. The molecule has 1 rings (SSSR count). The van der Waals surface area contributed by atoms with Gasteiger partial charge in [-0.25, -0.2) is 14.4 Å². The lowest BCUT2D eigenvalue weighted by molar-refractivity contribution is -0.120. The topological polar surface area (TPSA) is 66.9 Å². The quantitative estimate of drug-likeness (QED) is 0.776. The van der Waals surface area contributed by atoms with E-state index in [2.05, 4.69) is 20.6 Å². The Morgan fingerprint density at radius 1 is 1.50 bits per heavy atom. The van der Waals surface area contributed by atoms with Gasteiger partial charge in [-0.3, -0.25) is 4.79 Å². The van der Waals surface area contributed by atoms with E-state index in [1.165, 1.54) is 6.33 Å². The van der Waals surface area contributed by atoms with Crippen molar-refractivity contribution in [2.45, 2.75) is 19.8 Å². The van der Waals surface area contributed by atoms with Crippen LogP contribution in [0.1, 0.15) is 19.0 Å². The van der Waals surface area contributed by atoms with Gasteiger partial charge < -0.3 is 10.6 Å². The Morgan fingerprint density at radius 3 is 2.88 bits per heavy atom. The molecule has 0 aliphatic carbocycles. The predicted octanol–water partition coefficient (Wildman–Crippen LogP) is 0.726. The van der Waals surface area contributed by atoms with Crippen LogP contribution in [0.4, 0.5) is 10.2 Å². The minimum Gasteiger partial charge on any atom is -0.367 e. The van der Waals surface area contributed by atoms with E-state index in [-0.39, 0.29) is 18.1 Å². The number of halogens is 1. The highest BCUT2D eigenvalue weighted by molar-refractivity contribution is 5.76. The van der Waals surface area contributed by atoms with Crippen LogP contribution in [-0.2, 0) is 11.2 Å². The highest BCUT2D eigenvalue weighted by Gasteiger charge is 2.09. The molecule has 1 amide bonds. The van der Waals surface area contributed by atoms with E-state index in [1.54, 1.807) is 7.05 Å². The molecule has 0 bridgehead atoms. The number of aromatic nitrogens is 2. The zero-order chi connectivity index (χ0) is 12.0. The average molecular weight is 226 g/mol. The van der Waals surface area contributed by atoms with Gasteiger partial charge in [-0.05, 0) is 6.42 Å². The summed E-state index contributed by atoms with van der Waals surface area (Å²) in [6.07, 6.45) is 2.10. The van der Waals surface area contributed by atoms with Crippen LogP contribution in [-0.4, -0.2) is 29.5 Å². The Labute approximate surface area is 93.5 Å². The number of rotatable bonds is 5. The molecule has 0 radical (unpaired) electrons. The first-order chi connectivity index (χ1) is 7.69. The van der Waals surface area contributed by atoms with Crippen molar-refractivity contribution in [3.63, 3.8) is 0 Å². The fourth-order valence-electron chi connectivity index (χ4n) is 1.20. The molecular weight excluding hydrogens is 211 g/mol. The van der Waals surface area contributed by atoms with Gasteiger partial charge in [0.05, 0.1) is 5.69 Å². The van der Waals surface area contributed by atoms with Gasteiger partial charge in [0.15, 0.2) is 11.6 Å². The van der Waals surface area contributed by atoms with Crippen LogP contribution in [0, 0.1) is 5.82 Å². The van der Waals surface area contributed by atoms with Crippen LogP contribution < -0.4 is 10.6 Å². The molecule has 0 unspecified atom stereocenters. The van der Waals surface area contributed by atoms with Gasteiger partial charge in [0, 0.05) is 20.0 Å². The molecular formula is C10H15FN4O. The maximum absolute atomic E-state index is 13.6. The number of carbonyl (C=O) groups is 1. The van der Waals surface area contributed by atoms with Crippen LogP contribution in [0.3, 0.4) is 0 Å². The van der Waals surface area contributed by atoms with Gasteiger partial charge in [0.2, 0.25) is 5.91 Å². The van der Waals surface area contributed by atoms with Crippen molar-refractivity contribution in [2.24, 2.45) is 0 Å². The number of carbonyl (C=O) groups excluding carboxylic acids is 1. The van der Waals surface area contributed by atoms with E-state index in [0.717, 1.165) is 0 Å². The van der Waals surface area contributed by atoms with E-state index in [0.29, 0.717) is 18.7 Å². The molecule has 0 aliphatic rings. The van der Waals surface area contributed by atoms with Crippen LogP contribution in [0.2, 0.25) is 0 Å². The SMILES string of the molecule is CCc1ncnc(NCCC(=O)NC)c1F. The second-order valence-corrected chi connectivity index (χ2v) is 3.19. The smallest absolute Gasteiger partial charge is 0.221 e. The molecule has 5 nitrogen and oxygen atoms in total. The summed E-state index contributed by atoms with van der Waals surface area (Å²) in [5, 5.41) is 5.25. The summed E-state index contributed by atoms with van der Waals surface area (Å²) < 4.78 is 13.6. The van der Waals surface area contributed by atoms with E-state index >= 15 is 0 Å². The number of aryl methyl sites for hydroxylation is 1. The molecule has 0 aliphatic heterocycles. The Balaban J connectivity index is 2.57. The van der Waals surface area contributed by atoms with Crippen molar-refractivity contribution in [3.8, 4) is 0 Å². The van der Waals surface area contributed by atoms with Gasteiger partial charge in [0.1, 0.15) is 6.33 Å². The zero-order valence-electron chi connectivity index (χ0n) is 9.38. The van der Waals surface area contributed by atoms with Gasteiger partial charge >= 0.3 is 0 Å². The third kappa shape index (κ3) is 3.15. The highest BCUT2D eigenvalue weighted by Crippen LogP contribution is 2.12. The first kappa shape index (κ1) is 12.4. The summed E-state index contributed by atoms with van der Waals surface area (Å²) in [6.45, 7) is 2.16. The minimum absolute atomic E-state index is 0.0994. The molecule has 1 heterocycles. The van der Waals surface area contributed by atoms with E-state index < -0.39 is 5.82 Å². The second kappa shape index (κ2) is 5.99. The molecule has 2 N–H and O–H groups in total. The molecule has 16 heavy (non-hydrogen) atoms. The molecule has 88 valence electrons.